The molecule has 2 heterocycles. The van der Waals surface area contributed by atoms with Gasteiger partial charge in [-0.25, -0.2) is 0 Å². The summed E-state index contributed by atoms with van der Waals surface area (Å²) in [5.41, 5.74) is 1.08. The van der Waals surface area contributed by atoms with Gasteiger partial charge in [0.1, 0.15) is 12.6 Å². The molecule has 128 valence electrons. The number of rotatable bonds is 6. The third kappa shape index (κ3) is 3.62. The van der Waals surface area contributed by atoms with Gasteiger partial charge in [0.25, 0.3) is 0 Å². The van der Waals surface area contributed by atoms with E-state index in [2.05, 4.69) is 11.4 Å². The fourth-order valence-corrected chi connectivity index (χ4v) is 3.27. The molecule has 2 fully saturated rings. The van der Waals surface area contributed by atoms with Crippen LogP contribution in [0.4, 0.5) is 0 Å². The minimum atomic E-state index is -0.0234. The van der Waals surface area contributed by atoms with Gasteiger partial charge in [-0.05, 0) is 42.7 Å². The summed E-state index contributed by atoms with van der Waals surface area (Å²) < 4.78 is 13.5. The Labute approximate surface area is 141 Å². The molecule has 1 saturated heterocycles. The van der Waals surface area contributed by atoms with Crippen LogP contribution in [0.5, 0.6) is 0 Å². The number of benzene rings is 1. The van der Waals surface area contributed by atoms with Gasteiger partial charge in [0.05, 0.1) is 12.6 Å². The maximum atomic E-state index is 12.5. The van der Waals surface area contributed by atoms with E-state index in [4.69, 9.17) is 9.47 Å². The molecule has 2 atom stereocenters. The third-order valence-corrected chi connectivity index (χ3v) is 4.89. The molecule has 2 aromatic rings. The average molecular weight is 328 g/mol. The van der Waals surface area contributed by atoms with E-state index in [1.54, 1.807) is 0 Å². The van der Waals surface area contributed by atoms with E-state index in [0.717, 1.165) is 29.8 Å². The van der Waals surface area contributed by atoms with Crippen molar-refractivity contribution in [3.63, 3.8) is 0 Å². The molecular formula is C19H24N2O3. The van der Waals surface area contributed by atoms with Crippen LogP contribution in [0.25, 0.3) is 10.9 Å². The Morgan fingerprint density at radius 2 is 2.12 bits per heavy atom. The topological polar surface area (TPSA) is 52.5 Å². The molecule has 2 aliphatic rings. The first-order valence-corrected chi connectivity index (χ1v) is 8.82. The van der Waals surface area contributed by atoms with E-state index in [-0.39, 0.29) is 18.1 Å². The Bertz CT molecular complexity index is 707. The lowest BCUT2D eigenvalue weighted by Crippen LogP contribution is -2.50. The highest BCUT2D eigenvalue weighted by Gasteiger charge is 2.30. The number of amides is 1. The summed E-state index contributed by atoms with van der Waals surface area (Å²) in [6, 6.07) is 10.2. The van der Waals surface area contributed by atoms with Crippen molar-refractivity contribution in [1.82, 2.24) is 9.88 Å². The Morgan fingerprint density at radius 1 is 1.25 bits per heavy atom. The van der Waals surface area contributed by atoms with Crippen LogP contribution in [0.3, 0.4) is 0 Å². The molecule has 1 amide bonds. The third-order valence-electron chi connectivity index (χ3n) is 4.89. The van der Waals surface area contributed by atoms with Gasteiger partial charge in [-0.2, -0.15) is 0 Å². The molecule has 0 unspecified atom stereocenters. The summed E-state index contributed by atoms with van der Waals surface area (Å²) >= 11 is 0. The monoisotopic (exact) mass is 328 g/mol. The Kier molecular flexibility index (Phi) is 4.54. The zero-order valence-electron chi connectivity index (χ0n) is 13.8. The van der Waals surface area contributed by atoms with Crippen molar-refractivity contribution in [1.29, 1.82) is 0 Å². The van der Waals surface area contributed by atoms with E-state index in [0.29, 0.717) is 19.8 Å². The maximum absolute atomic E-state index is 12.5. The van der Waals surface area contributed by atoms with Crippen molar-refractivity contribution in [2.45, 2.75) is 38.0 Å². The van der Waals surface area contributed by atoms with Gasteiger partial charge in [0.2, 0.25) is 5.91 Å². The lowest BCUT2D eigenvalue weighted by molar-refractivity contribution is -0.126. The van der Waals surface area contributed by atoms with Gasteiger partial charge in [-0.15, -0.1) is 0 Å². The van der Waals surface area contributed by atoms with Crippen molar-refractivity contribution < 1.29 is 14.3 Å². The number of carbonyl (C=O) groups excluding carboxylic acids is 1. The highest BCUT2D eigenvalue weighted by molar-refractivity contribution is 5.83. The number of aromatic nitrogens is 1. The zero-order chi connectivity index (χ0) is 16.4. The summed E-state index contributed by atoms with van der Waals surface area (Å²) in [5.74, 6) is 0.748. The minimum Gasteiger partial charge on any atom is -0.379 e. The molecule has 1 aliphatic heterocycles. The lowest BCUT2D eigenvalue weighted by atomic mass is 10.1. The fourth-order valence-electron chi connectivity index (χ4n) is 3.27. The number of hydrogen-bond donors (Lipinski definition) is 1. The lowest BCUT2D eigenvalue weighted by Gasteiger charge is -2.32. The van der Waals surface area contributed by atoms with Crippen LogP contribution in [-0.2, 0) is 20.8 Å². The molecular weight excluding hydrogens is 304 g/mol. The molecule has 4 rings (SSSR count). The highest BCUT2D eigenvalue weighted by Crippen LogP contribution is 2.29. The van der Waals surface area contributed by atoms with Crippen molar-refractivity contribution in [3.8, 4) is 0 Å². The number of carbonyl (C=O) groups is 1. The smallest absolute Gasteiger partial charge is 0.240 e. The van der Waals surface area contributed by atoms with Gasteiger partial charge >= 0.3 is 0 Å². The SMILES string of the molecule is O=C(Cn1ccc2ccccc21)N[C@@H]1CCOC[C@H]1OCC1CC1. The van der Waals surface area contributed by atoms with Crippen molar-refractivity contribution in [2.24, 2.45) is 5.92 Å². The summed E-state index contributed by atoms with van der Waals surface area (Å²) in [5, 5.41) is 4.31. The van der Waals surface area contributed by atoms with Crippen molar-refractivity contribution in [3.05, 3.63) is 36.5 Å². The molecule has 1 saturated carbocycles. The average Bonchev–Trinajstić information content (AvgIpc) is 3.35. The van der Waals surface area contributed by atoms with Gasteiger partial charge in [0.15, 0.2) is 0 Å². The molecule has 1 N–H and O–H groups in total. The van der Waals surface area contributed by atoms with Crippen LogP contribution in [0.15, 0.2) is 36.5 Å². The number of nitrogens with zero attached hydrogens (tertiary/aromatic N) is 1. The second kappa shape index (κ2) is 6.95. The summed E-state index contributed by atoms with van der Waals surface area (Å²) in [6.07, 6.45) is 5.30. The second-order valence-corrected chi connectivity index (χ2v) is 6.86. The molecule has 5 nitrogen and oxygen atoms in total. The summed E-state index contributed by atoms with van der Waals surface area (Å²) in [7, 11) is 0. The van der Waals surface area contributed by atoms with Crippen LogP contribution in [-0.4, -0.2) is 42.4 Å². The van der Waals surface area contributed by atoms with E-state index in [1.807, 2.05) is 35.0 Å². The molecule has 0 radical (unpaired) electrons. The Hall–Kier alpha value is -1.85. The standard InChI is InChI=1S/C19H24N2O3/c22-19(11-21-9-7-15-3-1-2-4-17(15)21)20-16-8-10-23-13-18(16)24-12-14-5-6-14/h1-4,7,9,14,16,18H,5-6,8,10-13H2,(H,20,22)/t16-,18-/m1/s1. The zero-order valence-corrected chi connectivity index (χ0v) is 13.8. The van der Waals surface area contributed by atoms with Gasteiger partial charge < -0.3 is 19.4 Å². The predicted octanol–water partition coefficient (Wildman–Crippen LogP) is 2.34. The molecule has 0 bridgehead atoms. The quantitative estimate of drug-likeness (QED) is 0.885. The molecule has 5 heteroatoms. The Balaban J connectivity index is 1.36. The number of ether oxygens (including phenoxy) is 2. The van der Waals surface area contributed by atoms with E-state index in [9.17, 15) is 4.79 Å². The van der Waals surface area contributed by atoms with Crippen LogP contribution in [0.1, 0.15) is 19.3 Å². The second-order valence-electron chi connectivity index (χ2n) is 6.86. The summed E-state index contributed by atoms with van der Waals surface area (Å²) in [4.78, 5) is 12.5. The van der Waals surface area contributed by atoms with Crippen LogP contribution in [0.2, 0.25) is 0 Å². The van der Waals surface area contributed by atoms with Gasteiger partial charge in [-0.1, -0.05) is 18.2 Å². The minimum absolute atomic E-state index is 0.0234. The molecule has 1 aromatic heterocycles. The van der Waals surface area contributed by atoms with E-state index in [1.165, 1.54) is 12.8 Å². The fraction of sp³-hybridized carbons (Fsp3) is 0.526. The van der Waals surface area contributed by atoms with Gasteiger partial charge in [-0.3, -0.25) is 4.79 Å². The molecule has 1 aromatic carbocycles. The van der Waals surface area contributed by atoms with E-state index >= 15 is 0 Å². The number of para-hydroxylation sites is 1. The molecule has 1 aliphatic carbocycles. The first-order chi connectivity index (χ1) is 11.8. The normalized spacial score (nSPS) is 24.2. The first-order valence-electron chi connectivity index (χ1n) is 8.82. The van der Waals surface area contributed by atoms with Gasteiger partial charge in [0, 0.05) is 24.9 Å². The van der Waals surface area contributed by atoms with Crippen LogP contribution >= 0.6 is 0 Å². The first kappa shape index (κ1) is 15.7. The van der Waals surface area contributed by atoms with Crippen LogP contribution < -0.4 is 5.32 Å². The maximum Gasteiger partial charge on any atom is 0.240 e. The number of fused-ring (bicyclic) bond motifs is 1. The van der Waals surface area contributed by atoms with Crippen LogP contribution in [0, 0.1) is 5.92 Å². The largest absolute Gasteiger partial charge is 0.379 e. The molecule has 0 spiro atoms. The van der Waals surface area contributed by atoms with Crippen molar-refractivity contribution in [2.75, 3.05) is 19.8 Å². The number of hydrogen-bond acceptors (Lipinski definition) is 3. The predicted molar refractivity (Wildman–Crippen MR) is 91.8 cm³/mol. The number of nitrogens with one attached hydrogen (secondary N) is 1. The van der Waals surface area contributed by atoms with Crippen molar-refractivity contribution >= 4 is 16.8 Å². The molecule has 24 heavy (non-hydrogen) atoms. The summed E-state index contributed by atoms with van der Waals surface area (Å²) in [6.45, 7) is 2.38. The highest BCUT2D eigenvalue weighted by atomic mass is 16.5. The Morgan fingerprint density at radius 3 is 3.00 bits per heavy atom. The van der Waals surface area contributed by atoms with E-state index < -0.39 is 0 Å².